The van der Waals surface area contributed by atoms with Crippen LogP contribution in [0.1, 0.15) is 19.8 Å². The molecule has 1 unspecified atom stereocenters. The second-order valence-electron chi connectivity index (χ2n) is 6.00. The van der Waals surface area contributed by atoms with E-state index in [4.69, 9.17) is 9.47 Å². The molecule has 1 atom stereocenters. The van der Waals surface area contributed by atoms with Crippen molar-refractivity contribution in [3.05, 3.63) is 30.3 Å². The van der Waals surface area contributed by atoms with Crippen molar-refractivity contribution in [2.24, 2.45) is 5.41 Å². The van der Waals surface area contributed by atoms with Crippen molar-refractivity contribution in [3.63, 3.8) is 0 Å². The molecule has 2 rings (SSSR count). The number of carbonyl (C=O) groups excluding carboxylic acids is 1. The van der Waals surface area contributed by atoms with E-state index in [2.05, 4.69) is 0 Å². The minimum Gasteiger partial charge on any atom is -0.491 e. The molecule has 1 aromatic carbocycles. The summed E-state index contributed by atoms with van der Waals surface area (Å²) in [6, 6.07) is 9.38. The molecule has 0 aromatic heterocycles. The van der Waals surface area contributed by atoms with Gasteiger partial charge in [0.2, 0.25) is 5.91 Å². The van der Waals surface area contributed by atoms with Gasteiger partial charge in [-0.1, -0.05) is 18.2 Å². The highest BCUT2D eigenvalue weighted by Gasteiger charge is 2.39. The summed E-state index contributed by atoms with van der Waals surface area (Å²) in [6.45, 7) is 3.14. The number of hydrogen-bond acceptors (Lipinski definition) is 4. The molecule has 1 fully saturated rings. The van der Waals surface area contributed by atoms with E-state index in [0.29, 0.717) is 32.6 Å². The zero-order chi connectivity index (χ0) is 16.7. The summed E-state index contributed by atoms with van der Waals surface area (Å²) in [6.07, 6.45) is 1.30. The first-order valence-corrected chi connectivity index (χ1v) is 7.78. The molecule has 6 nitrogen and oxygen atoms in total. The molecule has 0 spiro atoms. The standard InChI is InChI=1S/C17H23NO5/c1-17(16(20)21)8-5-9-18(13-17)15(19)12-22-10-11-23-14-6-3-2-4-7-14/h2-4,6-7H,5,8-13H2,1H3,(H,20,21). The van der Waals surface area contributed by atoms with Crippen LogP contribution >= 0.6 is 0 Å². The van der Waals surface area contributed by atoms with E-state index in [0.717, 1.165) is 5.75 Å². The summed E-state index contributed by atoms with van der Waals surface area (Å²) in [5.74, 6) is -0.264. The number of carbonyl (C=O) groups is 2. The highest BCUT2D eigenvalue weighted by atomic mass is 16.5. The fourth-order valence-corrected chi connectivity index (χ4v) is 2.61. The predicted molar refractivity (Wildman–Crippen MR) is 84.3 cm³/mol. The van der Waals surface area contributed by atoms with Crippen molar-refractivity contribution in [2.75, 3.05) is 32.9 Å². The lowest BCUT2D eigenvalue weighted by molar-refractivity contribution is -0.154. The molecule has 23 heavy (non-hydrogen) atoms. The number of aliphatic carboxylic acids is 1. The fraction of sp³-hybridized carbons (Fsp3) is 0.529. The van der Waals surface area contributed by atoms with Gasteiger partial charge in [0.25, 0.3) is 0 Å². The van der Waals surface area contributed by atoms with Gasteiger partial charge in [0.15, 0.2) is 0 Å². The summed E-state index contributed by atoms with van der Waals surface area (Å²) < 4.78 is 10.8. The molecule has 1 aliphatic heterocycles. The number of likely N-dealkylation sites (tertiary alicyclic amines) is 1. The molecular formula is C17H23NO5. The van der Waals surface area contributed by atoms with Crippen LogP contribution < -0.4 is 4.74 Å². The van der Waals surface area contributed by atoms with Crippen LogP contribution in [0, 0.1) is 5.41 Å². The molecule has 6 heteroatoms. The lowest BCUT2D eigenvalue weighted by Crippen LogP contribution is -2.49. The number of amides is 1. The Morgan fingerprint density at radius 1 is 1.26 bits per heavy atom. The molecule has 126 valence electrons. The van der Waals surface area contributed by atoms with E-state index in [1.54, 1.807) is 11.8 Å². The number of piperidine rings is 1. The van der Waals surface area contributed by atoms with Crippen LogP contribution in [0.15, 0.2) is 30.3 Å². The Morgan fingerprint density at radius 3 is 2.70 bits per heavy atom. The zero-order valence-corrected chi connectivity index (χ0v) is 13.4. The van der Waals surface area contributed by atoms with Crippen molar-refractivity contribution in [1.29, 1.82) is 0 Å². The second-order valence-corrected chi connectivity index (χ2v) is 6.00. The van der Waals surface area contributed by atoms with Crippen LogP contribution in [0.5, 0.6) is 5.75 Å². The summed E-state index contributed by atoms with van der Waals surface area (Å²) in [4.78, 5) is 25.0. The first kappa shape index (κ1) is 17.3. The SMILES string of the molecule is CC1(C(=O)O)CCCN(C(=O)COCCOc2ccccc2)C1. The zero-order valence-electron chi connectivity index (χ0n) is 13.4. The fourth-order valence-electron chi connectivity index (χ4n) is 2.61. The van der Waals surface area contributed by atoms with Crippen molar-refractivity contribution >= 4 is 11.9 Å². The number of para-hydroxylation sites is 1. The molecule has 0 saturated carbocycles. The highest BCUT2D eigenvalue weighted by Crippen LogP contribution is 2.29. The molecule has 1 aliphatic rings. The normalized spacial score (nSPS) is 21.0. The van der Waals surface area contributed by atoms with Gasteiger partial charge in [-0.05, 0) is 31.9 Å². The van der Waals surface area contributed by atoms with Crippen LogP contribution in [0.3, 0.4) is 0 Å². The van der Waals surface area contributed by atoms with Crippen LogP contribution in [-0.4, -0.2) is 54.8 Å². The smallest absolute Gasteiger partial charge is 0.311 e. The van der Waals surface area contributed by atoms with Gasteiger partial charge in [-0.3, -0.25) is 9.59 Å². The average molecular weight is 321 g/mol. The number of hydrogen-bond donors (Lipinski definition) is 1. The Kier molecular flexibility index (Phi) is 5.98. The van der Waals surface area contributed by atoms with E-state index in [-0.39, 0.29) is 19.1 Å². The Bertz CT molecular complexity index is 533. The Labute approximate surface area is 136 Å². The van der Waals surface area contributed by atoms with Gasteiger partial charge in [0.1, 0.15) is 19.0 Å². The summed E-state index contributed by atoms with van der Waals surface area (Å²) in [5, 5.41) is 9.27. The van der Waals surface area contributed by atoms with Gasteiger partial charge in [-0.15, -0.1) is 0 Å². The maximum absolute atomic E-state index is 12.1. The van der Waals surface area contributed by atoms with Crippen molar-refractivity contribution in [2.45, 2.75) is 19.8 Å². The van der Waals surface area contributed by atoms with Crippen molar-refractivity contribution in [1.82, 2.24) is 4.90 Å². The maximum Gasteiger partial charge on any atom is 0.311 e. The van der Waals surface area contributed by atoms with Crippen LogP contribution in [0.25, 0.3) is 0 Å². The highest BCUT2D eigenvalue weighted by molar-refractivity contribution is 5.80. The summed E-state index contributed by atoms with van der Waals surface area (Å²) in [7, 11) is 0. The number of ether oxygens (including phenoxy) is 2. The van der Waals surface area contributed by atoms with Crippen LogP contribution in [0.2, 0.25) is 0 Å². The van der Waals surface area contributed by atoms with E-state index < -0.39 is 11.4 Å². The third-order valence-electron chi connectivity index (χ3n) is 4.03. The Morgan fingerprint density at radius 2 is 2.00 bits per heavy atom. The third kappa shape index (κ3) is 4.96. The molecule has 1 N–H and O–H groups in total. The van der Waals surface area contributed by atoms with Gasteiger partial charge in [0.05, 0.1) is 12.0 Å². The molecule has 1 saturated heterocycles. The predicted octanol–water partition coefficient (Wildman–Crippen LogP) is 1.80. The molecule has 0 aliphatic carbocycles. The van der Waals surface area contributed by atoms with Crippen LogP contribution in [0.4, 0.5) is 0 Å². The van der Waals surface area contributed by atoms with E-state index in [1.807, 2.05) is 30.3 Å². The summed E-state index contributed by atoms with van der Waals surface area (Å²) in [5.41, 5.74) is -0.857. The monoisotopic (exact) mass is 321 g/mol. The van der Waals surface area contributed by atoms with Gasteiger partial charge in [-0.25, -0.2) is 0 Å². The van der Waals surface area contributed by atoms with E-state index in [9.17, 15) is 14.7 Å². The second kappa shape index (κ2) is 7.97. The van der Waals surface area contributed by atoms with Crippen molar-refractivity contribution in [3.8, 4) is 5.75 Å². The summed E-state index contributed by atoms with van der Waals surface area (Å²) >= 11 is 0. The average Bonchev–Trinajstić information content (AvgIpc) is 2.55. The number of carboxylic acids is 1. The number of carboxylic acid groups (broad SMARTS) is 1. The number of rotatable bonds is 7. The molecular weight excluding hydrogens is 298 g/mol. The first-order chi connectivity index (χ1) is 11.0. The quantitative estimate of drug-likeness (QED) is 0.775. The Hall–Kier alpha value is -2.08. The number of nitrogens with zero attached hydrogens (tertiary/aromatic N) is 1. The topological polar surface area (TPSA) is 76.1 Å². The minimum atomic E-state index is -0.857. The largest absolute Gasteiger partial charge is 0.491 e. The minimum absolute atomic E-state index is 0.0478. The van der Waals surface area contributed by atoms with Gasteiger partial charge in [-0.2, -0.15) is 0 Å². The van der Waals surface area contributed by atoms with Gasteiger partial charge < -0.3 is 19.5 Å². The van der Waals surface area contributed by atoms with Gasteiger partial charge >= 0.3 is 5.97 Å². The maximum atomic E-state index is 12.1. The van der Waals surface area contributed by atoms with Crippen molar-refractivity contribution < 1.29 is 24.2 Å². The molecule has 1 aromatic rings. The molecule has 1 heterocycles. The first-order valence-electron chi connectivity index (χ1n) is 7.78. The van der Waals surface area contributed by atoms with Gasteiger partial charge in [0, 0.05) is 13.1 Å². The molecule has 1 amide bonds. The lowest BCUT2D eigenvalue weighted by Gasteiger charge is -2.37. The van der Waals surface area contributed by atoms with E-state index >= 15 is 0 Å². The molecule has 0 radical (unpaired) electrons. The number of benzene rings is 1. The lowest BCUT2D eigenvalue weighted by atomic mass is 9.82. The molecule has 0 bridgehead atoms. The third-order valence-corrected chi connectivity index (χ3v) is 4.03. The Balaban J connectivity index is 1.67. The van der Waals surface area contributed by atoms with Crippen LogP contribution in [-0.2, 0) is 14.3 Å². The van der Waals surface area contributed by atoms with E-state index in [1.165, 1.54) is 0 Å².